The molecule has 1 aliphatic heterocycles. The van der Waals surface area contributed by atoms with Gasteiger partial charge in [0.1, 0.15) is 5.75 Å². The molecular formula is C29H32F3N3O4S. The van der Waals surface area contributed by atoms with Gasteiger partial charge in [-0.05, 0) is 61.4 Å². The average Bonchev–Trinajstić information content (AvgIpc) is 2.94. The van der Waals surface area contributed by atoms with Crippen LogP contribution in [-0.2, 0) is 27.5 Å². The van der Waals surface area contributed by atoms with Gasteiger partial charge in [-0.2, -0.15) is 17.5 Å². The van der Waals surface area contributed by atoms with Crippen molar-refractivity contribution in [2.45, 2.75) is 31.5 Å². The molecule has 7 nitrogen and oxygen atoms in total. The predicted octanol–water partition coefficient (Wildman–Crippen LogP) is 4.95. The van der Waals surface area contributed by atoms with E-state index in [2.05, 4.69) is 0 Å². The number of carbonyl (C=O) groups is 1. The molecule has 0 unspecified atom stereocenters. The first kappa shape index (κ1) is 29.4. The summed E-state index contributed by atoms with van der Waals surface area (Å²) in [7, 11) is -4.05. The van der Waals surface area contributed by atoms with Crippen molar-refractivity contribution >= 4 is 21.6 Å². The maximum absolute atomic E-state index is 13.7. The van der Waals surface area contributed by atoms with Gasteiger partial charge in [0.2, 0.25) is 15.9 Å². The summed E-state index contributed by atoms with van der Waals surface area (Å²) in [5.41, 5.74) is 1.10. The topological polar surface area (TPSA) is 70.2 Å². The molecule has 11 heteroatoms. The zero-order valence-electron chi connectivity index (χ0n) is 22.4. The fourth-order valence-electron chi connectivity index (χ4n) is 4.61. The minimum atomic E-state index is -4.44. The molecule has 1 amide bonds. The smallest absolute Gasteiger partial charge is 0.416 e. The second-order valence-corrected chi connectivity index (χ2v) is 11.5. The lowest BCUT2D eigenvalue weighted by Crippen LogP contribution is -2.51. The van der Waals surface area contributed by atoms with Crippen LogP contribution in [0.15, 0.2) is 77.7 Å². The number of hydrogen-bond acceptors (Lipinski definition) is 5. The van der Waals surface area contributed by atoms with Crippen LogP contribution in [0.4, 0.5) is 18.9 Å². The Morgan fingerprint density at radius 1 is 0.950 bits per heavy atom. The number of amides is 1. The molecule has 0 spiro atoms. The number of benzene rings is 3. The van der Waals surface area contributed by atoms with Crippen LogP contribution in [0.2, 0.25) is 0 Å². The van der Waals surface area contributed by atoms with E-state index in [4.69, 9.17) is 4.74 Å². The van der Waals surface area contributed by atoms with Crippen LogP contribution in [0.25, 0.3) is 0 Å². The van der Waals surface area contributed by atoms with Crippen LogP contribution in [0.1, 0.15) is 23.6 Å². The monoisotopic (exact) mass is 575 g/mol. The Bertz CT molecular complexity index is 1420. The Labute approximate surface area is 232 Å². The van der Waals surface area contributed by atoms with Crippen LogP contribution >= 0.6 is 0 Å². The minimum Gasteiger partial charge on any atom is -0.494 e. The standard InChI is InChI=1S/C29H32F3N3O4S/c1-3-39-27-13-12-26(18-22(27)2)40(37,38)35(20-23-8-5-4-6-9-23)21-28(36)34-16-14-33(15-17-34)25-11-7-10-24(19-25)29(30,31)32/h4-13,18-19H,3,14-17,20-21H2,1-2H3. The van der Waals surface area contributed by atoms with E-state index in [0.29, 0.717) is 36.7 Å². The summed E-state index contributed by atoms with van der Waals surface area (Å²) in [6.45, 7) is 4.87. The van der Waals surface area contributed by atoms with E-state index in [1.165, 1.54) is 22.5 Å². The molecule has 4 rings (SSSR count). The third kappa shape index (κ3) is 6.95. The molecule has 3 aromatic carbocycles. The molecule has 0 N–H and O–H groups in total. The number of ether oxygens (including phenoxy) is 1. The quantitative estimate of drug-likeness (QED) is 0.361. The first-order valence-corrected chi connectivity index (χ1v) is 14.4. The van der Waals surface area contributed by atoms with E-state index in [-0.39, 0.29) is 37.0 Å². The van der Waals surface area contributed by atoms with Crippen LogP contribution < -0.4 is 9.64 Å². The Kier molecular flexibility index (Phi) is 9.05. The third-order valence-corrected chi connectivity index (χ3v) is 8.56. The lowest BCUT2D eigenvalue weighted by atomic mass is 10.1. The number of nitrogens with zero attached hydrogens (tertiary/aromatic N) is 3. The van der Waals surface area contributed by atoms with E-state index >= 15 is 0 Å². The molecule has 1 heterocycles. The maximum atomic E-state index is 13.7. The lowest BCUT2D eigenvalue weighted by molar-refractivity contribution is -0.137. The first-order chi connectivity index (χ1) is 19.0. The van der Waals surface area contributed by atoms with Crippen molar-refractivity contribution in [3.8, 4) is 5.75 Å². The number of sulfonamides is 1. The number of hydrogen-bond donors (Lipinski definition) is 0. The SMILES string of the molecule is CCOc1ccc(S(=O)(=O)N(CC(=O)N2CCN(c3cccc(C(F)(F)F)c3)CC2)Cc2ccccc2)cc1C. The van der Waals surface area contributed by atoms with Gasteiger partial charge in [-0.15, -0.1) is 0 Å². The summed E-state index contributed by atoms with van der Waals surface area (Å²) in [5.74, 6) is 0.219. The molecule has 0 bridgehead atoms. The fraction of sp³-hybridized carbons (Fsp3) is 0.345. The number of piperazine rings is 1. The van der Waals surface area contributed by atoms with Gasteiger partial charge in [-0.25, -0.2) is 8.42 Å². The van der Waals surface area contributed by atoms with Gasteiger partial charge in [0, 0.05) is 38.4 Å². The van der Waals surface area contributed by atoms with Gasteiger partial charge in [-0.3, -0.25) is 4.79 Å². The number of aryl methyl sites for hydroxylation is 1. The Morgan fingerprint density at radius 2 is 1.65 bits per heavy atom. The average molecular weight is 576 g/mol. The van der Waals surface area contributed by atoms with Crippen molar-refractivity contribution in [1.29, 1.82) is 0 Å². The van der Waals surface area contributed by atoms with E-state index in [1.54, 1.807) is 53.1 Å². The summed E-state index contributed by atoms with van der Waals surface area (Å²) < 4.78 is 73.6. The third-order valence-electron chi connectivity index (χ3n) is 6.77. The van der Waals surface area contributed by atoms with E-state index < -0.39 is 21.8 Å². The van der Waals surface area contributed by atoms with Crippen molar-refractivity contribution in [3.63, 3.8) is 0 Å². The second kappa shape index (κ2) is 12.3. The van der Waals surface area contributed by atoms with Gasteiger partial charge in [0.05, 0.1) is 23.6 Å². The van der Waals surface area contributed by atoms with Gasteiger partial charge in [0.25, 0.3) is 0 Å². The van der Waals surface area contributed by atoms with Crippen LogP contribution in [0.3, 0.4) is 0 Å². The normalized spacial score (nSPS) is 14.4. The summed E-state index contributed by atoms with van der Waals surface area (Å²) in [6, 6.07) is 18.8. The largest absolute Gasteiger partial charge is 0.494 e. The number of anilines is 1. The van der Waals surface area contributed by atoms with Crippen molar-refractivity contribution in [2.24, 2.45) is 0 Å². The summed E-state index contributed by atoms with van der Waals surface area (Å²) in [6.07, 6.45) is -4.44. The van der Waals surface area contributed by atoms with Gasteiger partial charge in [-0.1, -0.05) is 36.4 Å². The number of carbonyl (C=O) groups excluding carboxylic acids is 1. The number of halogens is 3. The highest BCUT2D eigenvalue weighted by Gasteiger charge is 2.32. The fourth-order valence-corrected chi connectivity index (χ4v) is 6.07. The highest BCUT2D eigenvalue weighted by atomic mass is 32.2. The molecule has 40 heavy (non-hydrogen) atoms. The molecule has 0 aliphatic carbocycles. The molecule has 0 aromatic heterocycles. The highest BCUT2D eigenvalue weighted by molar-refractivity contribution is 7.89. The van der Waals surface area contributed by atoms with Crippen molar-refractivity contribution < 1.29 is 31.1 Å². The Morgan fingerprint density at radius 3 is 2.27 bits per heavy atom. The Balaban J connectivity index is 1.50. The highest BCUT2D eigenvalue weighted by Crippen LogP contribution is 2.32. The molecular weight excluding hydrogens is 543 g/mol. The molecule has 214 valence electrons. The molecule has 0 atom stereocenters. The predicted molar refractivity (Wildman–Crippen MR) is 147 cm³/mol. The number of alkyl halides is 3. The van der Waals surface area contributed by atoms with Crippen LogP contribution in [-0.4, -0.2) is 62.9 Å². The molecule has 1 aliphatic rings. The van der Waals surface area contributed by atoms with E-state index in [0.717, 1.165) is 17.7 Å². The van der Waals surface area contributed by atoms with Gasteiger partial charge >= 0.3 is 6.18 Å². The van der Waals surface area contributed by atoms with E-state index in [9.17, 15) is 26.4 Å². The zero-order chi connectivity index (χ0) is 28.9. The van der Waals surface area contributed by atoms with Crippen molar-refractivity contribution in [1.82, 2.24) is 9.21 Å². The van der Waals surface area contributed by atoms with Gasteiger partial charge < -0.3 is 14.5 Å². The lowest BCUT2D eigenvalue weighted by Gasteiger charge is -2.37. The minimum absolute atomic E-state index is 0.00533. The van der Waals surface area contributed by atoms with Gasteiger partial charge in [0.15, 0.2) is 0 Å². The molecule has 0 radical (unpaired) electrons. The molecule has 3 aromatic rings. The molecule has 0 saturated carbocycles. The van der Waals surface area contributed by atoms with Crippen LogP contribution in [0.5, 0.6) is 5.75 Å². The van der Waals surface area contributed by atoms with Crippen LogP contribution in [0, 0.1) is 6.92 Å². The zero-order valence-corrected chi connectivity index (χ0v) is 23.2. The van der Waals surface area contributed by atoms with Crippen molar-refractivity contribution in [2.75, 3.05) is 44.2 Å². The van der Waals surface area contributed by atoms with E-state index in [1.807, 2.05) is 13.0 Å². The Hall–Kier alpha value is -3.57. The second-order valence-electron chi connectivity index (χ2n) is 9.53. The first-order valence-electron chi connectivity index (χ1n) is 13.0. The summed E-state index contributed by atoms with van der Waals surface area (Å²) >= 11 is 0. The maximum Gasteiger partial charge on any atom is 0.416 e. The summed E-state index contributed by atoms with van der Waals surface area (Å²) in [5, 5.41) is 0. The molecule has 1 fully saturated rings. The van der Waals surface area contributed by atoms with Crippen molar-refractivity contribution in [3.05, 3.63) is 89.5 Å². The molecule has 1 saturated heterocycles. The summed E-state index contributed by atoms with van der Waals surface area (Å²) in [4.78, 5) is 16.8. The number of rotatable bonds is 9.